The molecule has 1 aromatic heterocycles. The molecule has 18 heavy (non-hydrogen) atoms. The Morgan fingerprint density at radius 2 is 2.33 bits per heavy atom. The van der Waals surface area contributed by atoms with E-state index in [1.807, 2.05) is 6.92 Å². The van der Waals surface area contributed by atoms with E-state index in [4.69, 9.17) is 5.26 Å². The van der Waals surface area contributed by atoms with E-state index in [1.165, 1.54) is 6.33 Å². The van der Waals surface area contributed by atoms with E-state index < -0.39 is 6.10 Å². The van der Waals surface area contributed by atoms with Gasteiger partial charge in [-0.25, -0.2) is 4.98 Å². The van der Waals surface area contributed by atoms with E-state index in [9.17, 15) is 5.11 Å². The Labute approximate surface area is 105 Å². The van der Waals surface area contributed by atoms with Crippen molar-refractivity contribution >= 4 is 0 Å². The molecule has 2 rings (SSSR count). The van der Waals surface area contributed by atoms with Gasteiger partial charge in [-0.3, -0.25) is 4.68 Å². The second kappa shape index (κ2) is 5.43. The zero-order valence-corrected chi connectivity index (χ0v) is 10.1. The molecule has 2 aromatic rings. The summed E-state index contributed by atoms with van der Waals surface area (Å²) in [6.45, 7) is 2.70. The molecule has 1 N–H and O–H groups in total. The first-order valence-corrected chi connectivity index (χ1v) is 5.79. The molecule has 0 aliphatic carbocycles. The summed E-state index contributed by atoms with van der Waals surface area (Å²) in [5.74, 6) is 0.743. The Kier molecular flexibility index (Phi) is 3.70. The van der Waals surface area contributed by atoms with Gasteiger partial charge in [0.1, 0.15) is 12.2 Å². The molecule has 1 aromatic carbocycles. The topological polar surface area (TPSA) is 74.7 Å². The number of hydrogen-bond donors (Lipinski definition) is 1. The van der Waals surface area contributed by atoms with Gasteiger partial charge in [-0.2, -0.15) is 10.4 Å². The van der Waals surface area contributed by atoms with E-state index in [0.717, 1.165) is 17.9 Å². The summed E-state index contributed by atoms with van der Waals surface area (Å²) in [4.78, 5) is 4.12. The highest BCUT2D eigenvalue weighted by Gasteiger charge is 2.13. The molecular weight excluding hydrogens is 228 g/mol. The molecule has 0 saturated carbocycles. The van der Waals surface area contributed by atoms with Crippen molar-refractivity contribution in [2.45, 2.75) is 26.0 Å². The highest BCUT2D eigenvalue weighted by atomic mass is 16.3. The van der Waals surface area contributed by atoms with Crippen molar-refractivity contribution < 1.29 is 5.11 Å². The van der Waals surface area contributed by atoms with Crippen LogP contribution in [-0.4, -0.2) is 19.9 Å². The van der Waals surface area contributed by atoms with Crippen LogP contribution in [0.15, 0.2) is 30.6 Å². The van der Waals surface area contributed by atoms with Crippen LogP contribution in [0.2, 0.25) is 0 Å². The lowest BCUT2D eigenvalue weighted by atomic mass is 10.0. The molecule has 0 spiro atoms. The van der Waals surface area contributed by atoms with Crippen molar-refractivity contribution in [3.05, 3.63) is 47.5 Å². The molecule has 0 fully saturated rings. The summed E-state index contributed by atoms with van der Waals surface area (Å²) in [5.41, 5.74) is 1.27. The molecule has 5 nitrogen and oxygen atoms in total. The van der Waals surface area contributed by atoms with E-state index in [2.05, 4.69) is 16.2 Å². The minimum absolute atomic E-state index is 0.392. The van der Waals surface area contributed by atoms with Crippen LogP contribution in [0, 0.1) is 11.3 Å². The maximum absolute atomic E-state index is 10.1. The van der Waals surface area contributed by atoms with Crippen LogP contribution in [0.4, 0.5) is 0 Å². The van der Waals surface area contributed by atoms with Crippen molar-refractivity contribution in [2.24, 2.45) is 0 Å². The lowest BCUT2D eigenvalue weighted by Gasteiger charge is -2.11. The molecule has 1 heterocycles. The lowest BCUT2D eigenvalue weighted by Crippen LogP contribution is -2.09. The van der Waals surface area contributed by atoms with Gasteiger partial charge in [-0.1, -0.05) is 12.1 Å². The van der Waals surface area contributed by atoms with Crippen LogP contribution < -0.4 is 0 Å². The fourth-order valence-corrected chi connectivity index (χ4v) is 1.82. The van der Waals surface area contributed by atoms with Crippen molar-refractivity contribution in [2.75, 3.05) is 0 Å². The first kappa shape index (κ1) is 12.3. The molecular formula is C13H14N4O. The maximum Gasteiger partial charge on any atom is 0.138 e. The third-order valence-corrected chi connectivity index (χ3v) is 2.77. The summed E-state index contributed by atoms with van der Waals surface area (Å²) in [5, 5.41) is 23.0. The Morgan fingerprint density at radius 3 is 3.06 bits per heavy atom. The van der Waals surface area contributed by atoms with Crippen molar-refractivity contribution in [3.8, 4) is 6.07 Å². The van der Waals surface area contributed by atoms with Gasteiger partial charge in [0.2, 0.25) is 0 Å². The highest BCUT2D eigenvalue weighted by molar-refractivity contribution is 5.33. The predicted molar refractivity (Wildman–Crippen MR) is 65.5 cm³/mol. The standard InChI is InChI=1S/C13H14N4O/c1-2-17-13(15-9-16-17)7-12(18)11-5-3-4-10(6-11)8-14/h3-6,9,12,18H,2,7H2,1H3. The molecule has 0 radical (unpaired) electrons. The second-order valence-corrected chi connectivity index (χ2v) is 3.95. The first-order chi connectivity index (χ1) is 8.74. The van der Waals surface area contributed by atoms with Crippen LogP contribution >= 0.6 is 0 Å². The van der Waals surface area contributed by atoms with Gasteiger partial charge in [-0.05, 0) is 24.6 Å². The average Bonchev–Trinajstić information content (AvgIpc) is 2.86. The zero-order chi connectivity index (χ0) is 13.0. The highest BCUT2D eigenvalue weighted by Crippen LogP contribution is 2.18. The number of rotatable bonds is 4. The summed E-state index contributed by atoms with van der Waals surface area (Å²) < 4.78 is 1.75. The van der Waals surface area contributed by atoms with Gasteiger partial charge in [0.05, 0.1) is 17.7 Å². The molecule has 5 heteroatoms. The van der Waals surface area contributed by atoms with E-state index in [1.54, 1.807) is 28.9 Å². The summed E-state index contributed by atoms with van der Waals surface area (Å²) in [6, 6.07) is 9.03. The molecule has 0 amide bonds. The minimum atomic E-state index is -0.673. The van der Waals surface area contributed by atoms with Crippen molar-refractivity contribution in [3.63, 3.8) is 0 Å². The van der Waals surface area contributed by atoms with Crippen LogP contribution in [0.3, 0.4) is 0 Å². The van der Waals surface area contributed by atoms with E-state index >= 15 is 0 Å². The number of nitrogens with zero attached hydrogens (tertiary/aromatic N) is 4. The van der Waals surface area contributed by atoms with Crippen molar-refractivity contribution in [1.29, 1.82) is 5.26 Å². The normalized spacial score (nSPS) is 12.1. The predicted octanol–water partition coefficient (Wildman–Crippen LogP) is 1.45. The molecule has 92 valence electrons. The average molecular weight is 242 g/mol. The number of benzene rings is 1. The molecule has 1 atom stereocenters. The van der Waals surface area contributed by atoms with Gasteiger partial charge >= 0.3 is 0 Å². The van der Waals surface area contributed by atoms with Gasteiger partial charge in [0.25, 0.3) is 0 Å². The Bertz CT molecular complexity index is 570. The van der Waals surface area contributed by atoms with Crippen LogP contribution in [-0.2, 0) is 13.0 Å². The Morgan fingerprint density at radius 1 is 1.50 bits per heavy atom. The molecule has 1 unspecified atom stereocenters. The zero-order valence-electron chi connectivity index (χ0n) is 10.1. The summed E-state index contributed by atoms with van der Waals surface area (Å²) in [6.07, 6.45) is 1.20. The fraction of sp³-hybridized carbons (Fsp3) is 0.308. The van der Waals surface area contributed by atoms with Crippen LogP contribution in [0.1, 0.15) is 30.0 Å². The number of aliphatic hydroxyl groups excluding tert-OH is 1. The summed E-state index contributed by atoms with van der Waals surface area (Å²) >= 11 is 0. The smallest absolute Gasteiger partial charge is 0.138 e. The number of nitriles is 1. The minimum Gasteiger partial charge on any atom is -0.388 e. The first-order valence-electron chi connectivity index (χ1n) is 5.79. The van der Waals surface area contributed by atoms with Crippen LogP contribution in [0.25, 0.3) is 0 Å². The van der Waals surface area contributed by atoms with Gasteiger partial charge in [0.15, 0.2) is 0 Å². The third-order valence-electron chi connectivity index (χ3n) is 2.77. The van der Waals surface area contributed by atoms with Gasteiger partial charge < -0.3 is 5.11 Å². The van der Waals surface area contributed by atoms with E-state index in [-0.39, 0.29) is 0 Å². The largest absolute Gasteiger partial charge is 0.388 e. The fourth-order valence-electron chi connectivity index (χ4n) is 1.82. The SMILES string of the molecule is CCn1ncnc1CC(O)c1cccc(C#N)c1. The quantitative estimate of drug-likeness (QED) is 0.880. The number of aliphatic hydroxyl groups is 1. The van der Waals surface area contributed by atoms with Crippen molar-refractivity contribution in [1.82, 2.24) is 14.8 Å². The Balaban J connectivity index is 2.17. The Hall–Kier alpha value is -2.19. The van der Waals surface area contributed by atoms with Crippen LogP contribution in [0.5, 0.6) is 0 Å². The number of aromatic nitrogens is 3. The monoisotopic (exact) mass is 242 g/mol. The third kappa shape index (κ3) is 2.55. The van der Waals surface area contributed by atoms with E-state index in [0.29, 0.717) is 12.0 Å². The molecule has 0 bridgehead atoms. The van der Waals surface area contributed by atoms with Gasteiger partial charge in [-0.15, -0.1) is 0 Å². The molecule has 0 aliphatic rings. The number of hydrogen-bond acceptors (Lipinski definition) is 4. The molecule has 0 aliphatic heterocycles. The van der Waals surface area contributed by atoms with Gasteiger partial charge in [0, 0.05) is 13.0 Å². The maximum atomic E-state index is 10.1. The lowest BCUT2D eigenvalue weighted by molar-refractivity contribution is 0.174. The second-order valence-electron chi connectivity index (χ2n) is 3.95. The number of aryl methyl sites for hydroxylation is 1. The summed E-state index contributed by atoms with van der Waals surface area (Å²) in [7, 11) is 0. The molecule has 0 saturated heterocycles.